The number of aryl methyl sites for hydroxylation is 1. The van der Waals surface area contributed by atoms with Gasteiger partial charge in [-0.2, -0.15) is 0 Å². The van der Waals surface area contributed by atoms with Crippen LogP contribution in [0.4, 0.5) is 0 Å². The number of aromatic nitrogens is 2. The van der Waals surface area contributed by atoms with Crippen LogP contribution in [0.5, 0.6) is 0 Å². The van der Waals surface area contributed by atoms with Crippen LogP contribution in [0.25, 0.3) is 11.5 Å². The first-order valence-corrected chi connectivity index (χ1v) is 8.27. The number of amides is 1. The molecule has 0 aliphatic rings. The average Bonchev–Trinajstić information content (AvgIpc) is 3.21. The molecule has 3 aromatic rings. The molecule has 0 spiro atoms. The number of carbonyl (C=O) groups excluding carboxylic acids is 1. The van der Waals surface area contributed by atoms with E-state index in [0.29, 0.717) is 28.3 Å². The van der Waals surface area contributed by atoms with Gasteiger partial charge in [-0.15, -0.1) is 10.2 Å². The molecule has 1 aromatic carbocycles. The predicted octanol–water partition coefficient (Wildman–Crippen LogP) is 4.34. The number of halogens is 1. The molecule has 0 aliphatic heterocycles. The molecular formula is C18H18ClN3O3. The molecule has 0 unspecified atom stereocenters. The topological polar surface area (TPSA) is 72.4 Å². The maximum absolute atomic E-state index is 12.6. The van der Waals surface area contributed by atoms with E-state index in [1.54, 1.807) is 48.2 Å². The molecule has 0 radical (unpaired) electrons. The average molecular weight is 360 g/mol. The van der Waals surface area contributed by atoms with E-state index in [4.69, 9.17) is 20.4 Å². The predicted molar refractivity (Wildman–Crippen MR) is 93.2 cm³/mol. The molecule has 1 amide bonds. The summed E-state index contributed by atoms with van der Waals surface area (Å²) in [5.41, 5.74) is 0.771. The first kappa shape index (κ1) is 17.2. The highest BCUT2D eigenvalue weighted by Gasteiger charge is 2.24. The third-order valence-corrected chi connectivity index (χ3v) is 3.95. The Morgan fingerprint density at radius 2 is 1.84 bits per heavy atom. The van der Waals surface area contributed by atoms with Crippen LogP contribution < -0.4 is 0 Å². The second kappa shape index (κ2) is 7.11. The monoisotopic (exact) mass is 359 g/mol. The third kappa shape index (κ3) is 3.91. The van der Waals surface area contributed by atoms with Crippen LogP contribution in [0.2, 0.25) is 5.02 Å². The Balaban J connectivity index is 1.79. The molecule has 0 atom stereocenters. The lowest BCUT2D eigenvalue weighted by molar-refractivity contribution is 0.0638. The maximum atomic E-state index is 12.6. The van der Waals surface area contributed by atoms with Crippen molar-refractivity contribution in [3.8, 4) is 11.5 Å². The van der Waals surface area contributed by atoms with Crippen molar-refractivity contribution >= 4 is 17.5 Å². The molecular weight excluding hydrogens is 342 g/mol. The van der Waals surface area contributed by atoms with Gasteiger partial charge in [-0.3, -0.25) is 4.79 Å². The van der Waals surface area contributed by atoms with E-state index in [1.165, 1.54) is 0 Å². The Labute approximate surface area is 150 Å². The molecule has 2 aromatic heterocycles. The minimum Gasteiger partial charge on any atom is -0.456 e. The fraction of sp³-hybridized carbons (Fsp3) is 0.278. The quantitative estimate of drug-likeness (QED) is 0.677. The number of hydrogen-bond donors (Lipinski definition) is 0. The van der Waals surface area contributed by atoms with Gasteiger partial charge in [0.2, 0.25) is 11.8 Å². The normalized spacial score (nSPS) is 11.1. The summed E-state index contributed by atoms with van der Waals surface area (Å²) in [4.78, 5) is 14.3. The number of nitrogens with zero attached hydrogens (tertiary/aromatic N) is 3. The van der Waals surface area contributed by atoms with Crippen LogP contribution >= 0.6 is 11.6 Å². The standard InChI is InChI=1S/C18H18ClN3O3/c1-11(2)22(18(23)15-9-4-12(3)24-15)10-16-20-21-17(25-16)13-5-7-14(19)8-6-13/h4-9,11H,10H2,1-3H3. The second-order valence-electron chi connectivity index (χ2n) is 5.94. The van der Waals surface area contributed by atoms with Gasteiger partial charge in [-0.1, -0.05) is 11.6 Å². The van der Waals surface area contributed by atoms with Crippen molar-refractivity contribution in [2.45, 2.75) is 33.4 Å². The van der Waals surface area contributed by atoms with E-state index in [0.717, 1.165) is 5.56 Å². The summed E-state index contributed by atoms with van der Waals surface area (Å²) in [6, 6.07) is 10.5. The highest BCUT2D eigenvalue weighted by molar-refractivity contribution is 6.30. The molecule has 7 heteroatoms. The molecule has 3 rings (SSSR count). The van der Waals surface area contributed by atoms with Gasteiger partial charge in [0.15, 0.2) is 5.76 Å². The van der Waals surface area contributed by atoms with Crippen LogP contribution in [-0.4, -0.2) is 27.0 Å². The lowest BCUT2D eigenvalue weighted by atomic mass is 10.2. The Bertz CT molecular complexity index is 868. The molecule has 6 nitrogen and oxygen atoms in total. The van der Waals surface area contributed by atoms with Gasteiger partial charge >= 0.3 is 0 Å². The van der Waals surface area contributed by atoms with E-state index in [9.17, 15) is 4.79 Å². The van der Waals surface area contributed by atoms with E-state index in [-0.39, 0.29) is 18.5 Å². The molecule has 0 N–H and O–H groups in total. The van der Waals surface area contributed by atoms with Crippen molar-refractivity contribution in [1.82, 2.24) is 15.1 Å². The molecule has 0 fully saturated rings. The largest absolute Gasteiger partial charge is 0.456 e. The molecule has 2 heterocycles. The van der Waals surface area contributed by atoms with Crippen molar-refractivity contribution in [2.75, 3.05) is 0 Å². The van der Waals surface area contributed by atoms with Crippen LogP contribution in [-0.2, 0) is 6.54 Å². The Morgan fingerprint density at radius 3 is 2.44 bits per heavy atom. The van der Waals surface area contributed by atoms with Gasteiger partial charge in [-0.05, 0) is 57.2 Å². The third-order valence-electron chi connectivity index (χ3n) is 3.70. The van der Waals surface area contributed by atoms with Gasteiger partial charge in [0.1, 0.15) is 5.76 Å². The molecule has 0 bridgehead atoms. The SMILES string of the molecule is Cc1ccc(C(=O)N(Cc2nnc(-c3ccc(Cl)cc3)o2)C(C)C)o1. The summed E-state index contributed by atoms with van der Waals surface area (Å²) in [5, 5.41) is 8.72. The molecule has 25 heavy (non-hydrogen) atoms. The van der Waals surface area contributed by atoms with E-state index in [1.807, 2.05) is 13.8 Å². The summed E-state index contributed by atoms with van der Waals surface area (Å²) < 4.78 is 11.1. The van der Waals surface area contributed by atoms with Crippen LogP contribution in [0.1, 0.15) is 36.1 Å². The Morgan fingerprint density at radius 1 is 1.12 bits per heavy atom. The van der Waals surface area contributed by atoms with Crippen molar-refractivity contribution in [2.24, 2.45) is 0 Å². The zero-order valence-electron chi connectivity index (χ0n) is 14.2. The van der Waals surface area contributed by atoms with Gasteiger partial charge < -0.3 is 13.7 Å². The first-order valence-electron chi connectivity index (χ1n) is 7.90. The van der Waals surface area contributed by atoms with Crippen molar-refractivity contribution in [3.05, 3.63) is 58.8 Å². The van der Waals surface area contributed by atoms with Gasteiger partial charge in [0, 0.05) is 16.6 Å². The van der Waals surface area contributed by atoms with Crippen LogP contribution in [0.15, 0.2) is 45.2 Å². The van der Waals surface area contributed by atoms with E-state index < -0.39 is 0 Å². The summed E-state index contributed by atoms with van der Waals surface area (Å²) >= 11 is 5.88. The maximum Gasteiger partial charge on any atom is 0.290 e. The van der Waals surface area contributed by atoms with Gasteiger partial charge in [0.05, 0.1) is 6.54 Å². The Hall–Kier alpha value is -2.60. The van der Waals surface area contributed by atoms with Gasteiger partial charge in [0.25, 0.3) is 5.91 Å². The number of rotatable bonds is 5. The molecule has 130 valence electrons. The fourth-order valence-electron chi connectivity index (χ4n) is 2.35. The molecule has 0 saturated heterocycles. The fourth-order valence-corrected chi connectivity index (χ4v) is 2.48. The number of furan rings is 1. The van der Waals surface area contributed by atoms with E-state index in [2.05, 4.69) is 10.2 Å². The molecule has 0 aliphatic carbocycles. The lowest BCUT2D eigenvalue weighted by Crippen LogP contribution is -2.36. The minimum absolute atomic E-state index is 0.0520. The summed E-state index contributed by atoms with van der Waals surface area (Å²) in [5.74, 6) is 1.51. The van der Waals surface area contributed by atoms with Crippen molar-refractivity contribution < 1.29 is 13.6 Å². The van der Waals surface area contributed by atoms with Crippen molar-refractivity contribution in [1.29, 1.82) is 0 Å². The lowest BCUT2D eigenvalue weighted by Gasteiger charge is -2.24. The number of carbonyl (C=O) groups is 1. The smallest absolute Gasteiger partial charge is 0.290 e. The summed E-state index contributed by atoms with van der Waals surface area (Å²) in [6.45, 7) is 5.85. The highest BCUT2D eigenvalue weighted by Crippen LogP contribution is 2.21. The summed E-state index contributed by atoms with van der Waals surface area (Å²) in [6.07, 6.45) is 0. The zero-order valence-corrected chi connectivity index (χ0v) is 14.9. The van der Waals surface area contributed by atoms with Gasteiger partial charge in [-0.25, -0.2) is 0 Å². The number of hydrogen-bond acceptors (Lipinski definition) is 5. The number of benzene rings is 1. The Kier molecular flexibility index (Phi) is 4.90. The minimum atomic E-state index is -0.214. The zero-order chi connectivity index (χ0) is 18.0. The van der Waals surface area contributed by atoms with Crippen molar-refractivity contribution in [3.63, 3.8) is 0 Å². The summed E-state index contributed by atoms with van der Waals surface area (Å²) in [7, 11) is 0. The second-order valence-corrected chi connectivity index (χ2v) is 6.38. The van der Waals surface area contributed by atoms with Crippen LogP contribution in [0.3, 0.4) is 0 Å². The van der Waals surface area contributed by atoms with Crippen LogP contribution in [0, 0.1) is 6.92 Å². The highest BCUT2D eigenvalue weighted by atomic mass is 35.5. The molecule has 0 saturated carbocycles. The first-order chi connectivity index (χ1) is 11.9. The van der Waals surface area contributed by atoms with E-state index >= 15 is 0 Å².